The van der Waals surface area contributed by atoms with Crippen LogP contribution in [-0.2, 0) is 4.79 Å². The minimum absolute atomic E-state index is 0.115. The van der Waals surface area contributed by atoms with E-state index < -0.39 is 11.7 Å². The molecule has 1 rings (SSSR count). The lowest BCUT2D eigenvalue weighted by Gasteiger charge is -2.15. The van der Waals surface area contributed by atoms with Crippen molar-refractivity contribution in [2.45, 2.75) is 0 Å². The maximum absolute atomic E-state index is 13.3. The molecule has 14 heavy (non-hydrogen) atoms. The Morgan fingerprint density at radius 3 is 2.71 bits per heavy atom. The van der Waals surface area contributed by atoms with E-state index in [9.17, 15) is 9.18 Å². The first kappa shape index (κ1) is 10.2. The number of nitriles is 1. The van der Waals surface area contributed by atoms with Crippen molar-refractivity contribution in [2.24, 2.45) is 0 Å². The number of hydrogen-bond acceptors (Lipinski definition) is 2. The summed E-state index contributed by atoms with van der Waals surface area (Å²) in [5.74, 6) is -1.11. The third kappa shape index (κ3) is 1.88. The molecular weight excluding hydrogens is 183 g/mol. The Labute approximate surface area is 81.4 Å². The second kappa shape index (κ2) is 3.88. The zero-order valence-electron chi connectivity index (χ0n) is 7.62. The molecular formula is C10H8FN2O. The summed E-state index contributed by atoms with van der Waals surface area (Å²) >= 11 is 0. The predicted molar refractivity (Wildman–Crippen MR) is 49.9 cm³/mol. The van der Waals surface area contributed by atoms with Gasteiger partial charge in [-0.2, -0.15) is 5.26 Å². The highest BCUT2D eigenvalue weighted by Gasteiger charge is 2.11. The standard InChI is InChI=1S/C10H8FN2O/c1-7(14)13(2)10-4-3-8(6-12)5-9(10)11/h3-5H,1H2,2H3. The fourth-order valence-corrected chi connectivity index (χ4v) is 0.983. The van der Waals surface area contributed by atoms with E-state index in [1.165, 1.54) is 19.2 Å². The van der Waals surface area contributed by atoms with Gasteiger partial charge < -0.3 is 4.90 Å². The number of rotatable bonds is 1. The summed E-state index contributed by atoms with van der Waals surface area (Å²) in [6, 6.07) is 5.70. The number of benzene rings is 1. The quantitative estimate of drug-likeness (QED) is 0.675. The van der Waals surface area contributed by atoms with Gasteiger partial charge in [0, 0.05) is 14.0 Å². The summed E-state index contributed by atoms with van der Waals surface area (Å²) in [7, 11) is 1.42. The van der Waals surface area contributed by atoms with E-state index in [2.05, 4.69) is 6.92 Å². The van der Waals surface area contributed by atoms with Crippen molar-refractivity contribution in [1.82, 2.24) is 0 Å². The molecule has 0 fully saturated rings. The molecule has 4 heteroatoms. The molecule has 0 atom stereocenters. The van der Waals surface area contributed by atoms with Gasteiger partial charge in [-0.15, -0.1) is 0 Å². The van der Waals surface area contributed by atoms with Crippen LogP contribution in [0.5, 0.6) is 0 Å². The van der Waals surface area contributed by atoms with E-state index in [-0.39, 0.29) is 11.3 Å². The van der Waals surface area contributed by atoms with Crippen molar-refractivity contribution in [3.05, 3.63) is 36.5 Å². The Morgan fingerprint density at radius 1 is 1.64 bits per heavy atom. The van der Waals surface area contributed by atoms with Gasteiger partial charge in [-0.25, -0.2) is 4.39 Å². The molecule has 0 bridgehead atoms. The van der Waals surface area contributed by atoms with Crippen LogP contribution in [0.1, 0.15) is 5.56 Å². The van der Waals surface area contributed by atoms with Crippen molar-refractivity contribution in [1.29, 1.82) is 5.26 Å². The number of halogens is 1. The fourth-order valence-electron chi connectivity index (χ4n) is 0.983. The van der Waals surface area contributed by atoms with E-state index in [4.69, 9.17) is 5.26 Å². The minimum atomic E-state index is -0.608. The van der Waals surface area contributed by atoms with Crippen LogP contribution in [0, 0.1) is 24.1 Å². The highest BCUT2D eigenvalue weighted by molar-refractivity contribution is 5.95. The Bertz CT molecular complexity index is 409. The first-order valence-corrected chi connectivity index (χ1v) is 3.85. The van der Waals surface area contributed by atoms with Crippen LogP contribution < -0.4 is 4.90 Å². The SMILES string of the molecule is [CH2]C(=O)N(C)c1ccc(C#N)cc1F. The summed E-state index contributed by atoms with van der Waals surface area (Å²) < 4.78 is 13.3. The zero-order chi connectivity index (χ0) is 10.7. The molecule has 0 aliphatic carbocycles. The number of carbonyl (C=O) groups excluding carboxylic acids is 1. The monoisotopic (exact) mass is 191 g/mol. The molecule has 0 spiro atoms. The Balaban J connectivity index is 3.13. The van der Waals surface area contributed by atoms with Crippen molar-refractivity contribution in [3.8, 4) is 6.07 Å². The minimum Gasteiger partial charge on any atom is -0.313 e. The number of nitrogens with zero attached hydrogens (tertiary/aromatic N) is 2. The van der Waals surface area contributed by atoms with Gasteiger partial charge in [0.25, 0.3) is 0 Å². The van der Waals surface area contributed by atoms with Gasteiger partial charge in [-0.1, -0.05) is 0 Å². The average Bonchev–Trinajstić information content (AvgIpc) is 2.16. The zero-order valence-corrected chi connectivity index (χ0v) is 7.62. The number of carbonyl (C=O) groups is 1. The summed E-state index contributed by atoms with van der Waals surface area (Å²) in [6.07, 6.45) is 0. The molecule has 71 valence electrons. The molecule has 3 nitrogen and oxygen atoms in total. The van der Waals surface area contributed by atoms with E-state index in [0.29, 0.717) is 0 Å². The first-order chi connectivity index (χ1) is 6.56. The lowest BCUT2D eigenvalue weighted by Crippen LogP contribution is -2.24. The molecule has 1 amide bonds. The molecule has 0 aromatic heterocycles. The van der Waals surface area contributed by atoms with Crippen LogP contribution in [0.2, 0.25) is 0 Å². The highest BCUT2D eigenvalue weighted by Crippen LogP contribution is 2.18. The van der Waals surface area contributed by atoms with Crippen molar-refractivity contribution >= 4 is 11.6 Å². The second-order valence-electron chi connectivity index (χ2n) is 2.73. The molecule has 0 N–H and O–H groups in total. The third-order valence-corrected chi connectivity index (χ3v) is 1.81. The van der Waals surface area contributed by atoms with Gasteiger partial charge in [-0.05, 0) is 18.2 Å². The lowest BCUT2D eigenvalue weighted by atomic mass is 10.2. The molecule has 0 saturated carbocycles. The predicted octanol–water partition coefficient (Wildman–Crippen LogP) is 1.49. The van der Waals surface area contributed by atoms with Gasteiger partial charge in [0.2, 0.25) is 5.91 Å². The normalized spacial score (nSPS) is 9.29. The molecule has 0 saturated heterocycles. The topological polar surface area (TPSA) is 44.1 Å². The fraction of sp³-hybridized carbons (Fsp3) is 0.100. The van der Waals surface area contributed by atoms with Gasteiger partial charge in [0.1, 0.15) is 5.82 Å². The summed E-state index contributed by atoms with van der Waals surface area (Å²) in [5.41, 5.74) is 0.333. The smallest absolute Gasteiger partial charge is 0.227 e. The largest absolute Gasteiger partial charge is 0.313 e. The van der Waals surface area contributed by atoms with Crippen molar-refractivity contribution in [3.63, 3.8) is 0 Å². The number of anilines is 1. The molecule has 1 radical (unpaired) electrons. The van der Waals surface area contributed by atoms with Gasteiger partial charge in [-0.3, -0.25) is 4.79 Å². The van der Waals surface area contributed by atoms with Crippen LogP contribution in [0.3, 0.4) is 0 Å². The van der Waals surface area contributed by atoms with Crippen LogP contribution in [0.15, 0.2) is 18.2 Å². The van der Waals surface area contributed by atoms with Crippen molar-refractivity contribution < 1.29 is 9.18 Å². The molecule has 0 unspecified atom stereocenters. The maximum Gasteiger partial charge on any atom is 0.227 e. The van der Waals surface area contributed by atoms with Crippen LogP contribution >= 0.6 is 0 Å². The maximum atomic E-state index is 13.3. The van der Waals surface area contributed by atoms with Crippen LogP contribution in [0.4, 0.5) is 10.1 Å². The van der Waals surface area contributed by atoms with Crippen LogP contribution in [-0.4, -0.2) is 13.0 Å². The van der Waals surface area contributed by atoms with Gasteiger partial charge in [0.15, 0.2) is 0 Å². The molecule has 1 aromatic carbocycles. The Morgan fingerprint density at radius 2 is 2.29 bits per heavy atom. The van der Waals surface area contributed by atoms with E-state index >= 15 is 0 Å². The number of amides is 1. The third-order valence-electron chi connectivity index (χ3n) is 1.81. The second-order valence-corrected chi connectivity index (χ2v) is 2.73. The molecule has 0 heterocycles. The Hall–Kier alpha value is -1.89. The van der Waals surface area contributed by atoms with E-state index in [1.807, 2.05) is 0 Å². The first-order valence-electron chi connectivity index (χ1n) is 3.85. The molecule has 1 aromatic rings. The average molecular weight is 191 g/mol. The Kier molecular flexibility index (Phi) is 2.82. The highest BCUT2D eigenvalue weighted by atomic mass is 19.1. The number of hydrogen-bond donors (Lipinski definition) is 0. The lowest BCUT2D eigenvalue weighted by molar-refractivity contribution is -0.114. The van der Waals surface area contributed by atoms with Crippen LogP contribution in [0.25, 0.3) is 0 Å². The molecule has 0 aliphatic heterocycles. The summed E-state index contributed by atoms with van der Waals surface area (Å²) in [5, 5.41) is 8.49. The summed E-state index contributed by atoms with van der Waals surface area (Å²) in [4.78, 5) is 11.9. The van der Waals surface area contributed by atoms with Gasteiger partial charge >= 0.3 is 0 Å². The van der Waals surface area contributed by atoms with Crippen molar-refractivity contribution in [2.75, 3.05) is 11.9 Å². The van der Waals surface area contributed by atoms with E-state index in [0.717, 1.165) is 11.0 Å². The molecule has 0 aliphatic rings. The summed E-state index contributed by atoms with van der Waals surface area (Å²) in [6.45, 7) is 3.15. The van der Waals surface area contributed by atoms with Gasteiger partial charge in [0.05, 0.1) is 17.3 Å². The van der Waals surface area contributed by atoms with E-state index in [1.54, 1.807) is 6.07 Å².